The van der Waals surface area contributed by atoms with E-state index in [9.17, 15) is 8.78 Å². The van der Waals surface area contributed by atoms with Crippen LogP contribution in [0.25, 0.3) is 0 Å². The zero-order valence-electron chi connectivity index (χ0n) is 11.5. The van der Waals surface area contributed by atoms with Crippen LogP contribution in [0.5, 0.6) is 0 Å². The predicted molar refractivity (Wildman–Crippen MR) is 70.5 cm³/mol. The lowest BCUT2D eigenvalue weighted by Gasteiger charge is -2.22. The number of likely N-dealkylation sites (N-methyl/N-ethyl adjacent to an activating group) is 1. The van der Waals surface area contributed by atoms with E-state index in [0.717, 1.165) is 19.2 Å². The summed E-state index contributed by atoms with van der Waals surface area (Å²) in [7, 11) is 2.04. The molecule has 0 fully saturated rings. The monoisotopic (exact) mass is 256 g/mol. The number of rotatable bonds is 6. The molecule has 2 nitrogen and oxygen atoms in total. The zero-order chi connectivity index (χ0) is 13.7. The van der Waals surface area contributed by atoms with Gasteiger partial charge in [-0.2, -0.15) is 0 Å². The number of benzene rings is 1. The van der Waals surface area contributed by atoms with Crippen molar-refractivity contribution in [3.05, 3.63) is 35.4 Å². The Bertz CT molecular complexity index is 380. The van der Waals surface area contributed by atoms with E-state index >= 15 is 0 Å². The molecule has 1 aromatic carbocycles. The fourth-order valence-electron chi connectivity index (χ4n) is 1.67. The third kappa shape index (κ3) is 4.35. The lowest BCUT2D eigenvalue weighted by molar-refractivity contribution is 0.269. The van der Waals surface area contributed by atoms with Gasteiger partial charge in [0, 0.05) is 30.7 Å². The minimum atomic E-state index is -0.403. The van der Waals surface area contributed by atoms with Crippen molar-refractivity contribution in [3.8, 4) is 0 Å². The highest BCUT2D eigenvalue weighted by molar-refractivity contribution is 5.21. The largest absolute Gasteiger partial charge is 0.309 e. The summed E-state index contributed by atoms with van der Waals surface area (Å²) < 4.78 is 26.6. The Labute approximate surface area is 108 Å². The van der Waals surface area contributed by atoms with Crippen molar-refractivity contribution in [1.29, 1.82) is 0 Å². The van der Waals surface area contributed by atoms with Crippen LogP contribution in [0, 0.1) is 11.6 Å². The molecule has 18 heavy (non-hydrogen) atoms. The summed E-state index contributed by atoms with van der Waals surface area (Å²) in [6, 6.07) is 3.84. The third-order valence-corrected chi connectivity index (χ3v) is 3.22. The van der Waals surface area contributed by atoms with E-state index in [0.29, 0.717) is 11.6 Å². The maximum atomic E-state index is 13.5. The smallest absolute Gasteiger partial charge is 0.128 e. The molecule has 0 aliphatic heterocycles. The molecule has 0 amide bonds. The topological polar surface area (TPSA) is 15.3 Å². The maximum Gasteiger partial charge on any atom is 0.128 e. The molecule has 1 rings (SSSR count). The first-order valence-electron chi connectivity index (χ1n) is 6.30. The molecule has 0 radical (unpaired) electrons. The van der Waals surface area contributed by atoms with Crippen LogP contribution in [-0.2, 0) is 0 Å². The second-order valence-corrected chi connectivity index (χ2v) is 4.92. The second-order valence-electron chi connectivity index (χ2n) is 4.92. The number of nitrogens with one attached hydrogen (secondary N) is 1. The Morgan fingerprint density at radius 2 is 1.89 bits per heavy atom. The highest BCUT2D eigenvalue weighted by Crippen LogP contribution is 2.17. The standard InChI is InChI=1S/C14H22F2N2/c1-10(2)18(4)8-7-17-11(3)13-9-12(15)5-6-14(13)16/h5-6,9-11,17H,7-8H2,1-4H3. The van der Waals surface area contributed by atoms with E-state index in [1.807, 2.05) is 14.0 Å². The summed E-state index contributed by atoms with van der Waals surface area (Å²) in [6.07, 6.45) is 0. The molecule has 0 heterocycles. The molecule has 4 heteroatoms. The van der Waals surface area contributed by atoms with Crippen molar-refractivity contribution in [2.45, 2.75) is 32.9 Å². The Morgan fingerprint density at radius 3 is 2.50 bits per heavy atom. The molecule has 0 spiro atoms. The number of nitrogens with zero attached hydrogens (tertiary/aromatic N) is 1. The number of hydrogen-bond acceptors (Lipinski definition) is 2. The van der Waals surface area contributed by atoms with Crippen LogP contribution in [0.1, 0.15) is 32.4 Å². The molecule has 0 saturated heterocycles. The van der Waals surface area contributed by atoms with E-state index in [1.165, 1.54) is 12.1 Å². The number of hydrogen-bond donors (Lipinski definition) is 1. The molecule has 1 unspecified atom stereocenters. The van der Waals surface area contributed by atoms with Crippen molar-refractivity contribution in [2.24, 2.45) is 0 Å². The van der Waals surface area contributed by atoms with Crippen LogP contribution >= 0.6 is 0 Å². The normalized spacial score (nSPS) is 13.3. The predicted octanol–water partition coefficient (Wildman–Crippen LogP) is 2.96. The SMILES string of the molecule is CC(NCCN(C)C(C)C)c1cc(F)ccc1F. The average Bonchev–Trinajstić information content (AvgIpc) is 2.31. The van der Waals surface area contributed by atoms with Crippen molar-refractivity contribution in [2.75, 3.05) is 20.1 Å². The molecule has 102 valence electrons. The summed E-state index contributed by atoms with van der Waals surface area (Å²) in [4.78, 5) is 2.20. The molecule has 0 aromatic heterocycles. The Balaban J connectivity index is 2.50. The minimum absolute atomic E-state index is 0.193. The van der Waals surface area contributed by atoms with Gasteiger partial charge in [0.1, 0.15) is 11.6 Å². The third-order valence-electron chi connectivity index (χ3n) is 3.22. The fourth-order valence-corrected chi connectivity index (χ4v) is 1.67. The van der Waals surface area contributed by atoms with Crippen LogP contribution in [0.15, 0.2) is 18.2 Å². The molecule has 0 aliphatic carbocycles. The summed E-state index contributed by atoms with van der Waals surface area (Å²) in [5.41, 5.74) is 0.377. The average molecular weight is 256 g/mol. The van der Waals surface area contributed by atoms with Gasteiger partial charge in [-0.25, -0.2) is 8.78 Å². The second kappa shape index (κ2) is 6.81. The Morgan fingerprint density at radius 1 is 1.22 bits per heavy atom. The lowest BCUT2D eigenvalue weighted by Crippen LogP contribution is -2.34. The van der Waals surface area contributed by atoms with E-state index in [-0.39, 0.29) is 11.9 Å². The van der Waals surface area contributed by atoms with Gasteiger partial charge in [-0.3, -0.25) is 0 Å². The van der Waals surface area contributed by atoms with Gasteiger partial charge in [0.15, 0.2) is 0 Å². The molecular weight excluding hydrogens is 234 g/mol. The van der Waals surface area contributed by atoms with Crippen LogP contribution in [0.4, 0.5) is 8.78 Å². The van der Waals surface area contributed by atoms with Crippen LogP contribution in [0.2, 0.25) is 0 Å². The van der Waals surface area contributed by atoms with Crippen LogP contribution < -0.4 is 5.32 Å². The van der Waals surface area contributed by atoms with Crippen LogP contribution in [0.3, 0.4) is 0 Å². The highest BCUT2D eigenvalue weighted by atomic mass is 19.1. The maximum absolute atomic E-state index is 13.5. The Hall–Kier alpha value is -1.00. The molecule has 0 saturated carbocycles. The lowest BCUT2D eigenvalue weighted by atomic mass is 10.1. The van der Waals surface area contributed by atoms with E-state index in [4.69, 9.17) is 0 Å². The van der Waals surface area contributed by atoms with Gasteiger partial charge in [0.05, 0.1) is 0 Å². The molecule has 1 N–H and O–H groups in total. The van der Waals surface area contributed by atoms with Crippen LogP contribution in [-0.4, -0.2) is 31.1 Å². The van der Waals surface area contributed by atoms with Crippen molar-refractivity contribution < 1.29 is 8.78 Å². The van der Waals surface area contributed by atoms with E-state index in [2.05, 4.69) is 24.1 Å². The van der Waals surface area contributed by atoms with Crippen molar-refractivity contribution >= 4 is 0 Å². The van der Waals surface area contributed by atoms with Gasteiger partial charge in [-0.1, -0.05) is 0 Å². The van der Waals surface area contributed by atoms with E-state index in [1.54, 1.807) is 0 Å². The van der Waals surface area contributed by atoms with Gasteiger partial charge in [-0.05, 0) is 46.0 Å². The quantitative estimate of drug-likeness (QED) is 0.842. The summed E-state index contributed by atoms with van der Waals surface area (Å²) >= 11 is 0. The summed E-state index contributed by atoms with van der Waals surface area (Å²) in [5.74, 6) is -0.770. The molecule has 0 aliphatic rings. The van der Waals surface area contributed by atoms with Crippen molar-refractivity contribution in [3.63, 3.8) is 0 Å². The van der Waals surface area contributed by atoms with Gasteiger partial charge in [0.2, 0.25) is 0 Å². The first-order chi connectivity index (χ1) is 8.41. The van der Waals surface area contributed by atoms with Gasteiger partial charge in [0.25, 0.3) is 0 Å². The molecule has 1 aromatic rings. The zero-order valence-corrected chi connectivity index (χ0v) is 11.5. The first kappa shape index (κ1) is 15.1. The minimum Gasteiger partial charge on any atom is -0.309 e. The van der Waals surface area contributed by atoms with E-state index < -0.39 is 5.82 Å². The highest BCUT2D eigenvalue weighted by Gasteiger charge is 2.12. The molecular formula is C14H22F2N2. The summed E-state index contributed by atoms with van der Waals surface area (Å²) in [5, 5.41) is 3.20. The fraction of sp³-hybridized carbons (Fsp3) is 0.571. The van der Waals surface area contributed by atoms with Gasteiger partial charge < -0.3 is 10.2 Å². The Kier molecular flexibility index (Phi) is 5.69. The van der Waals surface area contributed by atoms with Gasteiger partial charge in [-0.15, -0.1) is 0 Å². The van der Waals surface area contributed by atoms with Gasteiger partial charge >= 0.3 is 0 Å². The first-order valence-corrected chi connectivity index (χ1v) is 6.30. The molecule has 1 atom stereocenters. The van der Waals surface area contributed by atoms with Crippen molar-refractivity contribution in [1.82, 2.24) is 10.2 Å². The molecule has 0 bridgehead atoms. The summed E-state index contributed by atoms with van der Waals surface area (Å²) in [6.45, 7) is 7.70. The number of halogens is 2.